The number of nitrogens with one attached hydrogen (secondary N) is 2. The Balaban J connectivity index is 1.56. The first-order chi connectivity index (χ1) is 18.3. The van der Waals surface area contributed by atoms with Gasteiger partial charge < -0.3 is 20.3 Å². The first-order valence-corrected chi connectivity index (χ1v) is 13.3. The van der Waals surface area contributed by atoms with E-state index in [4.69, 9.17) is 16.3 Å². The summed E-state index contributed by atoms with van der Waals surface area (Å²) in [5, 5.41) is 7.31. The number of halogens is 1. The minimum absolute atomic E-state index is 0.0967. The molecule has 0 saturated heterocycles. The molecule has 2 aromatic carbocycles. The molecule has 0 bridgehead atoms. The highest BCUT2D eigenvalue weighted by Gasteiger charge is 2.23. The average Bonchev–Trinajstić information content (AvgIpc) is 2.90. The SMILES string of the molecule is CC(C)C[C@@H]1COc2ccc(Cl)cc2C(=O)NCCCCN(C(=O)c2ccc3ccccc3n2)CC(=O)N1. The number of ether oxygens (including phenoxy) is 1. The van der Waals surface area contributed by atoms with Gasteiger partial charge in [0.25, 0.3) is 11.8 Å². The number of pyridine rings is 1. The summed E-state index contributed by atoms with van der Waals surface area (Å²) in [5.41, 5.74) is 1.36. The lowest BCUT2D eigenvalue weighted by molar-refractivity contribution is -0.122. The Morgan fingerprint density at radius 1 is 1.13 bits per heavy atom. The van der Waals surface area contributed by atoms with Crippen molar-refractivity contribution in [2.24, 2.45) is 5.92 Å². The van der Waals surface area contributed by atoms with Crippen LogP contribution in [-0.4, -0.2) is 59.9 Å². The highest BCUT2D eigenvalue weighted by atomic mass is 35.5. The molecule has 2 heterocycles. The van der Waals surface area contributed by atoms with Crippen molar-refractivity contribution in [3.05, 3.63) is 70.9 Å². The van der Waals surface area contributed by atoms with Crippen LogP contribution in [0.5, 0.6) is 5.75 Å². The van der Waals surface area contributed by atoms with Gasteiger partial charge in [0.15, 0.2) is 0 Å². The number of hydrogen-bond donors (Lipinski definition) is 2. The van der Waals surface area contributed by atoms with Gasteiger partial charge in [0.2, 0.25) is 5.91 Å². The number of amides is 3. The van der Waals surface area contributed by atoms with Gasteiger partial charge in [-0.05, 0) is 55.5 Å². The highest BCUT2D eigenvalue weighted by Crippen LogP contribution is 2.24. The van der Waals surface area contributed by atoms with Crippen LogP contribution < -0.4 is 15.4 Å². The Labute approximate surface area is 227 Å². The summed E-state index contributed by atoms with van der Waals surface area (Å²) in [6.07, 6.45) is 1.89. The number of hydrogen-bond acceptors (Lipinski definition) is 5. The molecule has 1 atom stereocenters. The van der Waals surface area contributed by atoms with Gasteiger partial charge in [-0.3, -0.25) is 14.4 Å². The Hall–Kier alpha value is -3.65. The minimum Gasteiger partial charge on any atom is -0.491 e. The van der Waals surface area contributed by atoms with E-state index in [-0.39, 0.29) is 42.6 Å². The lowest BCUT2D eigenvalue weighted by Gasteiger charge is -2.25. The number of carbonyl (C=O) groups is 3. The summed E-state index contributed by atoms with van der Waals surface area (Å²) < 4.78 is 6.01. The van der Waals surface area contributed by atoms with Crippen molar-refractivity contribution in [1.29, 1.82) is 0 Å². The number of nitrogens with zero attached hydrogens (tertiary/aromatic N) is 2. The molecule has 0 radical (unpaired) electrons. The quantitative estimate of drug-likeness (QED) is 0.514. The average molecular weight is 537 g/mol. The second-order valence-electron chi connectivity index (χ2n) is 9.92. The maximum Gasteiger partial charge on any atom is 0.272 e. The van der Waals surface area contributed by atoms with Crippen LogP contribution in [0.25, 0.3) is 10.9 Å². The Bertz CT molecular complexity index is 1310. The molecular weight excluding hydrogens is 504 g/mol. The molecule has 0 unspecified atom stereocenters. The van der Waals surface area contributed by atoms with Crippen molar-refractivity contribution < 1.29 is 19.1 Å². The highest BCUT2D eigenvalue weighted by molar-refractivity contribution is 6.31. The summed E-state index contributed by atoms with van der Waals surface area (Å²) >= 11 is 6.15. The van der Waals surface area contributed by atoms with Crippen molar-refractivity contribution >= 4 is 40.2 Å². The van der Waals surface area contributed by atoms with Crippen molar-refractivity contribution in [2.75, 3.05) is 26.2 Å². The van der Waals surface area contributed by atoms with Crippen LogP contribution in [0, 0.1) is 5.92 Å². The van der Waals surface area contributed by atoms with E-state index in [1.165, 1.54) is 4.90 Å². The summed E-state index contributed by atoms with van der Waals surface area (Å²) in [6, 6.07) is 15.7. The fourth-order valence-corrected chi connectivity index (χ4v) is 4.68. The van der Waals surface area contributed by atoms with Crippen LogP contribution in [-0.2, 0) is 4.79 Å². The van der Waals surface area contributed by atoms with Gasteiger partial charge in [0.05, 0.1) is 23.7 Å². The lowest BCUT2D eigenvalue weighted by Crippen LogP contribution is -2.47. The first kappa shape index (κ1) is 27.4. The molecular formula is C29H33ClN4O4. The third-order valence-corrected chi connectivity index (χ3v) is 6.56. The molecule has 0 fully saturated rings. The number of rotatable bonds is 3. The van der Waals surface area contributed by atoms with E-state index in [0.29, 0.717) is 54.6 Å². The van der Waals surface area contributed by atoms with Crippen LogP contribution in [0.2, 0.25) is 5.02 Å². The monoisotopic (exact) mass is 536 g/mol. The molecule has 9 heteroatoms. The molecule has 0 aliphatic carbocycles. The predicted molar refractivity (Wildman–Crippen MR) is 148 cm³/mol. The van der Waals surface area contributed by atoms with E-state index in [9.17, 15) is 14.4 Å². The number of aromatic nitrogens is 1. The molecule has 1 aliphatic rings. The van der Waals surface area contributed by atoms with Crippen LogP contribution in [0.1, 0.15) is 54.0 Å². The van der Waals surface area contributed by atoms with E-state index >= 15 is 0 Å². The smallest absolute Gasteiger partial charge is 0.272 e. The van der Waals surface area contributed by atoms with Crippen LogP contribution >= 0.6 is 11.6 Å². The topological polar surface area (TPSA) is 101 Å². The van der Waals surface area contributed by atoms with E-state index in [2.05, 4.69) is 29.5 Å². The van der Waals surface area contributed by atoms with Crippen molar-refractivity contribution in [3.63, 3.8) is 0 Å². The van der Waals surface area contributed by atoms with E-state index in [1.807, 2.05) is 30.3 Å². The number of benzene rings is 2. The van der Waals surface area contributed by atoms with Gasteiger partial charge in [0, 0.05) is 23.5 Å². The van der Waals surface area contributed by atoms with Crippen molar-refractivity contribution in [2.45, 2.75) is 39.2 Å². The first-order valence-electron chi connectivity index (χ1n) is 12.9. The van der Waals surface area contributed by atoms with Crippen molar-refractivity contribution in [1.82, 2.24) is 20.5 Å². The van der Waals surface area contributed by atoms with Crippen LogP contribution in [0.15, 0.2) is 54.6 Å². The normalized spacial score (nSPS) is 17.6. The predicted octanol–water partition coefficient (Wildman–Crippen LogP) is 4.46. The van der Waals surface area contributed by atoms with E-state index in [0.717, 1.165) is 10.9 Å². The summed E-state index contributed by atoms with van der Waals surface area (Å²) in [6.45, 7) is 4.95. The number of fused-ring (bicyclic) bond motifs is 2. The molecule has 200 valence electrons. The standard InChI is InChI=1S/C29H33ClN4O4/c1-19(2)15-22-18-38-26-12-10-21(30)16-23(26)28(36)31-13-5-6-14-34(17-27(35)32-22)29(37)25-11-9-20-7-3-4-8-24(20)33-25/h3-4,7-12,16,19,22H,5-6,13-15,17-18H2,1-2H3,(H,31,36)(H,32,35)/t22-/m1/s1. The zero-order valence-electron chi connectivity index (χ0n) is 21.7. The molecule has 1 aromatic heterocycles. The summed E-state index contributed by atoms with van der Waals surface area (Å²) in [5.74, 6) is -0.163. The fourth-order valence-electron chi connectivity index (χ4n) is 4.50. The van der Waals surface area contributed by atoms with E-state index in [1.54, 1.807) is 24.3 Å². The molecule has 0 spiro atoms. The van der Waals surface area contributed by atoms with Crippen molar-refractivity contribution in [3.8, 4) is 5.75 Å². The number of para-hydroxylation sites is 1. The third kappa shape index (κ3) is 7.22. The molecule has 3 aromatic rings. The maximum atomic E-state index is 13.5. The van der Waals surface area contributed by atoms with Crippen LogP contribution in [0.3, 0.4) is 0 Å². The molecule has 0 saturated carbocycles. The molecule has 1 aliphatic heterocycles. The minimum atomic E-state index is -0.310. The Morgan fingerprint density at radius 2 is 1.95 bits per heavy atom. The summed E-state index contributed by atoms with van der Waals surface area (Å²) in [7, 11) is 0. The van der Waals surface area contributed by atoms with Crippen LogP contribution in [0.4, 0.5) is 0 Å². The summed E-state index contributed by atoms with van der Waals surface area (Å²) in [4.78, 5) is 45.5. The molecule has 38 heavy (non-hydrogen) atoms. The second-order valence-corrected chi connectivity index (χ2v) is 10.4. The van der Waals surface area contributed by atoms with Gasteiger partial charge in [-0.1, -0.05) is 49.7 Å². The van der Waals surface area contributed by atoms with Gasteiger partial charge in [-0.15, -0.1) is 0 Å². The number of carbonyl (C=O) groups excluding carboxylic acids is 3. The largest absolute Gasteiger partial charge is 0.491 e. The Kier molecular flexibility index (Phi) is 9.18. The lowest BCUT2D eigenvalue weighted by atomic mass is 10.0. The molecule has 8 nitrogen and oxygen atoms in total. The van der Waals surface area contributed by atoms with E-state index < -0.39 is 0 Å². The fraction of sp³-hybridized carbons (Fsp3) is 0.379. The zero-order chi connectivity index (χ0) is 27.1. The van der Waals surface area contributed by atoms with Gasteiger partial charge in [-0.2, -0.15) is 0 Å². The molecule has 3 amide bonds. The Morgan fingerprint density at radius 3 is 2.76 bits per heavy atom. The van der Waals surface area contributed by atoms with Gasteiger partial charge in [-0.25, -0.2) is 4.98 Å². The van der Waals surface area contributed by atoms with Gasteiger partial charge >= 0.3 is 0 Å². The maximum absolute atomic E-state index is 13.5. The third-order valence-electron chi connectivity index (χ3n) is 6.33. The molecule has 2 N–H and O–H groups in total. The second kappa shape index (κ2) is 12.7. The van der Waals surface area contributed by atoms with Gasteiger partial charge in [0.1, 0.15) is 18.1 Å². The molecule has 4 rings (SSSR count). The zero-order valence-corrected chi connectivity index (χ0v) is 22.5.